The number of hydrogen-bond donors (Lipinski definition) is 0. The SMILES string of the molecule is CCCc1nccn1Cc1nc(-c2cc(OC)c3c(c2)OCO3)oc1C. The molecule has 0 spiro atoms. The van der Waals surface area contributed by atoms with E-state index in [4.69, 9.17) is 18.6 Å². The first-order chi connectivity index (χ1) is 12.7. The number of rotatable bonds is 6. The van der Waals surface area contributed by atoms with Crippen LogP contribution in [-0.2, 0) is 13.0 Å². The molecule has 3 aromatic rings. The third-order valence-corrected chi connectivity index (χ3v) is 4.39. The third kappa shape index (κ3) is 2.89. The van der Waals surface area contributed by atoms with Gasteiger partial charge in [0.25, 0.3) is 0 Å². The van der Waals surface area contributed by atoms with E-state index in [1.54, 1.807) is 7.11 Å². The lowest BCUT2D eigenvalue weighted by Gasteiger charge is -2.06. The molecule has 0 fully saturated rings. The molecular formula is C19H21N3O4. The maximum absolute atomic E-state index is 5.91. The van der Waals surface area contributed by atoms with Gasteiger partial charge in [-0.05, 0) is 25.5 Å². The molecule has 0 amide bonds. The summed E-state index contributed by atoms with van der Waals surface area (Å²) in [6, 6.07) is 3.71. The molecule has 136 valence electrons. The molecule has 0 aliphatic carbocycles. The Morgan fingerprint density at radius 2 is 2.15 bits per heavy atom. The second kappa shape index (κ2) is 6.74. The third-order valence-electron chi connectivity index (χ3n) is 4.39. The second-order valence-corrected chi connectivity index (χ2v) is 6.16. The number of aryl methyl sites for hydroxylation is 2. The predicted octanol–water partition coefficient (Wildman–Crippen LogP) is 3.58. The van der Waals surface area contributed by atoms with Crippen molar-refractivity contribution in [2.24, 2.45) is 0 Å². The Labute approximate surface area is 151 Å². The summed E-state index contributed by atoms with van der Waals surface area (Å²) in [4.78, 5) is 9.11. The molecular weight excluding hydrogens is 334 g/mol. The van der Waals surface area contributed by atoms with Gasteiger partial charge >= 0.3 is 0 Å². The molecule has 0 bridgehead atoms. The molecule has 0 atom stereocenters. The number of nitrogens with zero attached hydrogens (tertiary/aromatic N) is 3. The van der Waals surface area contributed by atoms with Gasteiger partial charge in [-0.15, -0.1) is 0 Å². The van der Waals surface area contributed by atoms with Crippen molar-refractivity contribution in [2.45, 2.75) is 33.2 Å². The van der Waals surface area contributed by atoms with Crippen molar-refractivity contribution in [3.63, 3.8) is 0 Å². The Morgan fingerprint density at radius 1 is 1.27 bits per heavy atom. The monoisotopic (exact) mass is 355 g/mol. The molecule has 2 aromatic heterocycles. The number of methoxy groups -OCH3 is 1. The summed E-state index contributed by atoms with van der Waals surface area (Å²) >= 11 is 0. The van der Waals surface area contributed by atoms with E-state index in [0.717, 1.165) is 35.7 Å². The quantitative estimate of drug-likeness (QED) is 0.673. The average Bonchev–Trinajstić information content (AvgIpc) is 3.36. The summed E-state index contributed by atoms with van der Waals surface area (Å²) in [6.45, 7) is 4.89. The molecule has 0 N–H and O–H groups in total. The molecule has 3 heterocycles. The zero-order valence-electron chi connectivity index (χ0n) is 15.1. The highest BCUT2D eigenvalue weighted by Gasteiger charge is 2.23. The van der Waals surface area contributed by atoms with E-state index < -0.39 is 0 Å². The van der Waals surface area contributed by atoms with Crippen LogP contribution in [0.15, 0.2) is 28.9 Å². The Kier molecular flexibility index (Phi) is 4.28. The summed E-state index contributed by atoms with van der Waals surface area (Å²) in [7, 11) is 1.60. The fraction of sp³-hybridized carbons (Fsp3) is 0.368. The number of ether oxygens (including phenoxy) is 3. The summed E-state index contributed by atoms with van der Waals surface area (Å²) in [5, 5.41) is 0. The largest absolute Gasteiger partial charge is 0.493 e. The van der Waals surface area contributed by atoms with E-state index in [1.165, 1.54) is 0 Å². The number of oxazole rings is 1. The van der Waals surface area contributed by atoms with Gasteiger partial charge in [-0.25, -0.2) is 9.97 Å². The fourth-order valence-corrected chi connectivity index (χ4v) is 3.05. The van der Waals surface area contributed by atoms with Gasteiger partial charge in [-0.2, -0.15) is 0 Å². The Bertz CT molecular complexity index is 929. The van der Waals surface area contributed by atoms with Crippen LogP contribution in [0, 0.1) is 6.92 Å². The van der Waals surface area contributed by atoms with Crippen LogP contribution in [-0.4, -0.2) is 28.4 Å². The number of aromatic nitrogens is 3. The average molecular weight is 355 g/mol. The molecule has 4 rings (SSSR count). The predicted molar refractivity (Wildman–Crippen MR) is 94.7 cm³/mol. The maximum Gasteiger partial charge on any atom is 0.231 e. The van der Waals surface area contributed by atoms with Gasteiger partial charge < -0.3 is 23.2 Å². The van der Waals surface area contributed by atoms with Gasteiger partial charge in [-0.1, -0.05) is 6.92 Å². The number of fused-ring (bicyclic) bond motifs is 1. The molecule has 1 aliphatic rings. The van der Waals surface area contributed by atoms with Crippen molar-refractivity contribution in [3.05, 3.63) is 41.8 Å². The second-order valence-electron chi connectivity index (χ2n) is 6.16. The summed E-state index contributed by atoms with van der Waals surface area (Å²) < 4.78 is 24.3. The summed E-state index contributed by atoms with van der Waals surface area (Å²) in [6.07, 6.45) is 5.79. The van der Waals surface area contributed by atoms with E-state index in [9.17, 15) is 0 Å². The van der Waals surface area contributed by atoms with Gasteiger partial charge in [0, 0.05) is 24.4 Å². The van der Waals surface area contributed by atoms with Crippen LogP contribution in [0.2, 0.25) is 0 Å². The van der Waals surface area contributed by atoms with Crippen molar-refractivity contribution in [1.82, 2.24) is 14.5 Å². The molecule has 1 aliphatic heterocycles. The van der Waals surface area contributed by atoms with E-state index in [1.807, 2.05) is 31.5 Å². The highest BCUT2D eigenvalue weighted by molar-refractivity contribution is 5.66. The van der Waals surface area contributed by atoms with Crippen LogP contribution in [0.3, 0.4) is 0 Å². The molecule has 0 radical (unpaired) electrons. The van der Waals surface area contributed by atoms with Crippen LogP contribution >= 0.6 is 0 Å². The van der Waals surface area contributed by atoms with Crippen LogP contribution in [0.4, 0.5) is 0 Å². The van der Waals surface area contributed by atoms with Crippen LogP contribution in [0.5, 0.6) is 17.2 Å². The summed E-state index contributed by atoms with van der Waals surface area (Å²) in [5.41, 5.74) is 1.67. The maximum atomic E-state index is 5.91. The van der Waals surface area contributed by atoms with Gasteiger partial charge in [0.1, 0.15) is 17.3 Å². The van der Waals surface area contributed by atoms with Crippen LogP contribution in [0.1, 0.15) is 30.6 Å². The number of benzene rings is 1. The van der Waals surface area contributed by atoms with Crippen molar-refractivity contribution < 1.29 is 18.6 Å². The van der Waals surface area contributed by atoms with E-state index >= 15 is 0 Å². The van der Waals surface area contributed by atoms with E-state index in [2.05, 4.69) is 21.5 Å². The minimum absolute atomic E-state index is 0.186. The highest BCUT2D eigenvalue weighted by Crippen LogP contribution is 2.44. The first-order valence-electron chi connectivity index (χ1n) is 8.64. The minimum atomic E-state index is 0.186. The zero-order chi connectivity index (χ0) is 18.1. The minimum Gasteiger partial charge on any atom is -0.493 e. The molecule has 0 saturated heterocycles. The van der Waals surface area contributed by atoms with Crippen molar-refractivity contribution in [2.75, 3.05) is 13.9 Å². The topological polar surface area (TPSA) is 71.5 Å². The van der Waals surface area contributed by atoms with E-state index in [0.29, 0.717) is 29.7 Å². The standard InChI is InChI=1S/C19H21N3O4/c1-4-5-17-20-6-7-22(17)10-14-12(2)26-19(21-14)13-8-15(23-3)18-16(9-13)24-11-25-18/h6-9H,4-5,10-11H2,1-3H3. The first-order valence-corrected chi connectivity index (χ1v) is 8.64. The van der Waals surface area contributed by atoms with Gasteiger partial charge in [0.2, 0.25) is 18.4 Å². The lowest BCUT2D eigenvalue weighted by molar-refractivity contribution is 0.171. The number of imidazole rings is 1. The summed E-state index contributed by atoms with van der Waals surface area (Å²) in [5.74, 6) is 4.23. The van der Waals surface area contributed by atoms with Gasteiger partial charge in [0.05, 0.1) is 13.7 Å². The van der Waals surface area contributed by atoms with Crippen LogP contribution in [0.25, 0.3) is 11.5 Å². The first kappa shape index (κ1) is 16.5. The molecule has 26 heavy (non-hydrogen) atoms. The van der Waals surface area contributed by atoms with Gasteiger partial charge in [0.15, 0.2) is 11.5 Å². The lowest BCUT2D eigenvalue weighted by Crippen LogP contribution is -2.05. The molecule has 7 nitrogen and oxygen atoms in total. The van der Waals surface area contributed by atoms with Crippen molar-refractivity contribution in [3.8, 4) is 28.7 Å². The fourth-order valence-electron chi connectivity index (χ4n) is 3.05. The van der Waals surface area contributed by atoms with E-state index in [-0.39, 0.29) is 6.79 Å². The molecule has 1 aromatic carbocycles. The lowest BCUT2D eigenvalue weighted by atomic mass is 10.2. The van der Waals surface area contributed by atoms with Crippen molar-refractivity contribution in [1.29, 1.82) is 0 Å². The Hall–Kier alpha value is -2.96. The van der Waals surface area contributed by atoms with Crippen LogP contribution < -0.4 is 14.2 Å². The highest BCUT2D eigenvalue weighted by atomic mass is 16.7. The Balaban J connectivity index is 1.66. The van der Waals surface area contributed by atoms with Crippen molar-refractivity contribution >= 4 is 0 Å². The molecule has 0 unspecified atom stereocenters. The smallest absolute Gasteiger partial charge is 0.231 e. The molecule has 0 saturated carbocycles. The van der Waals surface area contributed by atoms with Gasteiger partial charge in [-0.3, -0.25) is 0 Å². The molecule has 7 heteroatoms. The Morgan fingerprint density at radius 3 is 2.96 bits per heavy atom. The number of hydrogen-bond acceptors (Lipinski definition) is 6. The zero-order valence-corrected chi connectivity index (χ0v) is 15.1. The normalized spacial score (nSPS) is 12.6.